The van der Waals surface area contributed by atoms with Crippen molar-refractivity contribution in [1.82, 2.24) is 0 Å². The van der Waals surface area contributed by atoms with E-state index in [0.717, 1.165) is 17.1 Å². The number of hydrogen-bond donors (Lipinski definition) is 0. The van der Waals surface area contributed by atoms with E-state index in [1.807, 2.05) is 0 Å². The summed E-state index contributed by atoms with van der Waals surface area (Å²) in [7, 11) is 0. The Morgan fingerprint density at radius 2 is 0.710 bits per heavy atom. The number of rotatable bonds is 8. The molecule has 0 atom stereocenters. The number of anilines is 3. The topological polar surface area (TPSA) is 3.24 Å². The van der Waals surface area contributed by atoms with Gasteiger partial charge < -0.3 is 4.90 Å². The summed E-state index contributed by atoms with van der Waals surface area (Å²) in [5.74, 6) is 0. The third kappa shape index (κ3) is 6.69. The lowest BCUT2D eigenvalue weighted by Crippen LogP contribution is -2.16. The van der Waals surface area contributed by atoms with Gasteiger partial charge in [-0.05, 0) is 149 Å². The third-order valence-electron chi connectivity index (χ3n) is 12.9. The van der Waals surface area contributed by atoms with Crippen molar-refractivity contribution in [2.45, 2.75) is 19.3 Å². The van der Waals surface area contributed by atoms with Gasteiger partial charge in [0.1, 0.15) is 0 Å². The highest BCUT2D eigenvalue weighted by atomic mass is 15.1. The van der Waals surface area contributed by atoms with Crippen molar-refractivity contribution in [1.29, 1.82) is 0 Å². The van der Waals surface area contributed by atoms with E-state index in [1.165, 1.54) is 88.7 Å². The van der Waals surface area contributed by atoms with Crippen molar-refractivity contribution in [3.8, 4) is 66.8 Å². The molecule has 0 aliphatic heterocycles. The quantitative estimate of drug-likeness (QED) is 0.148. The van der Waals surface area contributed by atoms with Gasteiger partial charge in [-0.25, -0.2) is 0 Å². The fourth-order valence-electron chi connectivity index (χ4n) is 9.62. The summed E-state index contributed by atoms with van der Waals surface area (Å²) in [5.41, 5.74) is 20.7. The maximum Gasteiger partial charge on any atom is 0.0465 e. The maximum absolute atomic E-state index is 2.42. The van der Waals surface area contributed by atoms with Crippen LogP contribution in [0.15, 0.2) is 237 Å². The van der Waals surface area contributed by atoms with E-state index >= 15 is 0 Å². The molecule has 0 spiro atoms. The van der Waals surface area contributed by atoms with Gasteiger partial charge in [-0.2, -0.15) is 0 Å². The minimum Gasteiger partial charge on any atom is -0.310 e. The van der Waals surface area contributed by atoms with Crippen LogP contribution in [0.2, 0.25) is 0 Å². The molecule has 0 N–H and O–H groups in total. The first-order valence-corrected chi connectivity index (χ1v) is 21.6. The van der Waals surface area contributed by atoms with E-state index in [2.05, 4.69) is 255 Å². The molecular formula is C61H45N. The first-order chi connectivity index (χ1) is 30.5. The molecule has 0 saturated heterocycles. The molecule has 1 nitrogen and oxygen atoms in total. The minimum atomic E-state index is -0.114. The van der Waals surface area contributed by atoms with Crippen LogP contribution in [0, 0.1) is 0 Å². The average Bonchev–Trinajstić information content (AvgIpc) is 3.57. The molecule has 1 aliphatic rings. The summed E-state index contributed by atoms with van der Waals surface area (Å²) in [4.78, 5) is 2.41. The molecule has 11 rings (SSSR count). The highest BCUT2D eigenvalue weighted by Gasteiger charge is 2.35. The monoisotopic (exact) mass is 791 g/mol. The van der Waals surface area contributed by atoms with Crippen molar-refractivity contribution in [3.05, 3.63) is 248 Å². The van der Waals surface area contributed by atoms with Crippen molar-refractivity contribution >= 4 is 27.8 Å². The fraction of sp³-hybridized carbons (Fsp3) is 0.0492. The Morgan fingerprint density at radius 3 is 1.37 bits per heavy atom. The predicted octanol–water partition coefficient (Wildman–Crippen LogP) is 17.0. The van der Waals surface area contributed by atoms with Gasteiger partial charge in [0, 0.05) is 22.5 Å². The van der Waals surface area contributed by atoms with E-state index in [4.69, 9.17) is 0 Å². The molecule has 1 aliphatic carbocycles. The summed E-state index contributed by atoms with van der Waals surface area (Å²) >= 11 is 0. The van der Waals surface area contributed by atoms with Crippen molar-refractivity contribution in [2.75, 3.05) is 4.90 Å². The van der Waals surface area contributed by atoms with Crippen molar-refractivity contribution in [3.63, 3.8) is 0 Å². The Kier molecular flexibility index (Phi) is 9.24. The van der Waals surface area contributed by atoms with Crippen molar-refractivity contribution < 1.29 is 0 Å². The third-order valence-corrected chi connectivity index (χ3v) is 12.9. The fourth-order valence-corrected chi connectivity index (χ4v) is 9.62. The smallest absolute Gasteiger partial charge is 0.0465 e. The van der Waals surface area contributed by atoms with E-state index in [9.17, 15) is 0 Å². The zero-order valence-corrected chi connectivity index (χ0v) is 35.0. The molecule has 0 heterocycles. The van der Waals surface area contributed by atoms with Gasteiger partial charge in [0.25, 0.3) is 0 Å². The van der Waals surface area contributed by atoms with Crippen LogP contribution in [0.4, 0.5) is 17.1 Å². The molecule has 0 bridgehead atoms. The largest absolute Gasteiger partial charge is 0.310 e. The number of hydrogen-bond acceptors (Lipinski definition) is 1. The van der Waals surface area contributed by atoms with Gasteiger partial charge in [-0.1, -0.05) is 190 Å². The van der Waals surface area contributed by atoms with E-state index < -0.39 is 0 Å². The minimum absolute atomic E-state index is 0.114. The summed E-state index contributed by atoms with van der Waals surface area (Å²) in [6, 6.07) is 86.6. The lowest BCUT2D eigenvalue weighted by atomic mass is 9.82. The van der Waals surface area contributed by atoms with Crippen LogP contribution < -0.4 is 4.90 Å². The molecule has 0 radical (unpaired) electrons. The number of nitrogens with zero attached hydrogens (tertiary/aromatic N) is 1. The first-order valence-electron chi connectivity index (χ1n) is 21.6. The molecule has 0 saturated carbocycles. The zero-order valence-electron chi connectivity index (χ0n) is 35.0. The molecule has 62 heavy (non-hydrogen) atoms. The van der Waals surface area contributed by atoms with Gasteiger partial charge >= 0.3 is 0 Å². The molecule has 10 aromatic rings. The molecule has 10 aromatic carbocycles. The van der Waals surface area contributed by atoms with Crippen LogP contribution in [-0.4, -0.2) is 0 Å². The Labute approximate surface area is 364 Å². The highest BCUT2D eigenvalue weighted by Crippen LogP contribution is 2.51. The Morgan fingerprint density at radius 1 is 0.274 bits per heavy atom. The molecule has 0 unspecified atom stereocenters. The Hall–Kier alpha value is -7.74. The second-order valence-electron chi connectivity index (χ2n) is 17.0. The molecule has 0 aromatic heterocycles. The van der Waals surface area contributed by atoms with Gasteiger partial charge in [0.05, 0.1) is 0 Å². The molecule has 294 valence electrons. The van der Waals surface area contributed by atoms with Crippen LogP contribution in [0.1, 0.15) is 25.0 Å². The van der Waals surface area contributed by atoms with Gasteiger partial charge in [0.2, 0.25) is 0 Å². The van der Waals surface area contributed by atoms with Crippen molar-refractivity contribution in [2.24, 2.45) is 0 Å². The van der Waals surface area contributed by atoms with Gasteiger partial charge in [-0.15, -0.1) is 0 Å². The van der Waals surface area contributed by atoms with E-state index in [0.29, 0.717) is 0 Å². The van der Waals surface area contributed by atoms with Crippen LogP contribution in [0.3, 0.4) is 0 Å². The average molecular weight is 792 g/mol. The van der Waals surface area contributed by atoms with Crippen LogP contribution in [0.25, 0.3) is 77.5 Å². The predicted molar refractivity (Wildman–Crippen MR) is 263 cm³/mol. The lowest BCUT2D eigenvalue weighted by Gasteiger charge is -2.28. The van der Waals surface area contributed by atoms with Crippen LogP contribution >= 0.6 is 0 Å². The zero-order chi connectivity index (χ0) is 41.6. The van der Waals surface area contributed by atoms with E-state index in [1.54, 1.807) is 0 Å². The Bertz CT molecular complexity index is 3170. The second kappa shape index (κ2) is 15.4. The molecule has 1 heteroatoms. The molecule has 0 amide bonds. The number of fused-ring (bicyclic) bond motifs is 4. The van der Waals surface area contributed by atoms with Gasteiger partial charge in [0.15, 0.2) is 0 Å². The summed E-state index contributed by atoms with van der Waals surface area (Å²) in [5, 5.41) is 2.52. The second-order valence-corrected chi connectivity index (χ2v) is 17.0. The van der Waals surface area contributed by atoms with Crippen LogP contribution in [0.5, 0.6) is 0 Å². The number of benzene rings is 10. The van der Waals surface area contributed by atoms with Gasteiger partial charge in [-0.3, -0.25) is 0 Å². The summed E-state index contributed by atoms with van der Waals surface area (Å²) in [6.07, 6.45) is 0. The van der Waals surface area contributed by atoms with E-state index in [-0.39, 0.29) is 5.41 Å². The molecular weight excluding hydrogens is 747 g/mol. The lowest BCUT2D eigenvalue weighted by molar-refractivity contribution is 0.660. The SMILES string of the molecule is CC1(C)c2ccccc2-c2ccc(N(c3ccc(-c4cc(-c5ccccc5)cc(-c5ccccc5)c4)cc3)c3ccc(-c4cccc(-c5cccc6ccccc56)c4)cc3)cc21. The summed E-state index contributed by atoms with van der Waals surface area (Å²) < 4.78 is 0. The van der Waals surface area contributed by atoms with Crippen LogP contribution in [-0.2, 0) is 5.41 Å². The normalized spacial score (nSPS) is 12.5. The first kappa shape index (κ1) is 37.3. The summed E-state index contributed by atoms with van der Waals surface area (Å²) in [6.45, 7) is 4.71. The molecule has 0 fully saturated rings. The maximum atomic E-state index is 2.42. The Balaban J connectivity index is 0.996. The highest BCUT2D eigenvalue weighted by molar-refractivity contribution is 5.97. The standard InChI is InChI=1S/C61H45N/c1-61(2)59-26-12-11-24-57(59)58-36-35-54(41-60(58)61)62(52-31-27-44(28-32-52)47-21-13-22-48(37-47)56-25-14-20-46-19-9-10-23-55(46)56)53-33-29-45(30-34-53)51-39-49(42-15-5-3-6-16-42)38-50(40-51)43-17-7-4-8-18-43/h3-41H,1-2H3.